The molecule has 176 valence electrons. The van der Waals surface area contributed by atoms with Crippen molar-refractivity contribution >= 4 is 31.3 Å². The van der Waals surface area contributed by atoms with Gasteiger partial charge >= 0.3 is 13.9 Å². The van der Waals surface area contributed by atoms with E-state index in [4.69, 9.17) is 9.79 Å². The van der Waals surface area contributed by atoms with E-state index in [0.717, 1.165) is 11.1 Å². The number of amidine groups is 1. The third kappa shape index (κ3) is 6.30. The molecule has 0 saturated carbocycles. The number of aliphatic imine (C=N–C) groups is 1. The number of aryl methyl sites for hydroxylation is 3. The molecule has 0 aliphatic carbocycles. The molecule has 2 rings (SSSR count). The Labute approximate surface area is 184 Å². The molecule has 3 atom stereocenters. The fourth-order valence-corrected chi connectivity index (χ4v) is 3.39. The van der Waals surface area contributed by atoms with Crippen LogP contribution in [0.25, 0.3) is 0 Å². The number of benzene rings is 1. The first kappa shape index (κ1) is 25.8. The summed E-state index contributed by atoms with van der Waals surface area (Å²) in [5, 5.41) is 32.7. The van der Waals surface area contributed by atoms with Gasteiger partial charge in [0, 0.05) is 5.69 Å². The number of urea groups is 1. The summed E-state index contributed by atoms with van der Waals surface area (Å²) < 4.78 is 15.0. The molecule has 1 aromatic carbocycles. The average molecular weight is 471 g/mol. The van der Waals surface area contributed by atoms with E-state index in [0.29, 0.717) is 11.3 Å². The molecule has 0 fully saturated rings. The standard InChI is InChI=1S/C19H26N3O9P/c1-9-5-11(3)13(6-10(9)2)22(17-12(4)18(26)21-19(27)20-17)7-14(23)16(25)15(24)8-31-32(28,29)30/h5-6,14-16,23-25H,4,7-8H2,1-3H3,(H,21,26,27)(H2,28,29,30). The fourth-order valence-electron chi connectivity index (χ4n) is 3.05. The molecular formula is C19H26N3O9P. The van der Waals surface area contributed by atoms with Gasteiger partial charge in [-0.2, -0.15) is 4.99 Å². The van der Waals surface area contributed by atoms with E-state index in [2.05, 4.69) is 16.1 Å². The Kier molecular flexibility index (Phi) is 8.07. The second kappa shape index (κ2) is 10.0. The minimum absolute atomic E-state index is 0.155. The number of phosphoric ester groups is 1. The number of anilines is 1. The zero-order valence-corrected chi connectivity index (χ0v) is 18.6. The van der Waals surface area contributed by atoms with Crippen molar-refractivity contribution in [3.8, 4) is 0 Å². The van der Waals surface area contributed by atoms with Gasteiger partial charge in [0.1, 0.15) is 18.3 Å². The maximum Gasteiger partial charge on any atom is 0.469 e. The minimum atomic E-state index is -4.90. The first-order valence-corrected chi connectivity index (χ1v) is 11.0. The summed E-state index contributed by atoms with van der Waals surface area (Å²) in [6.45, 7) is 7.72. The van der Waals surface area contributed by atoms with Gasteiger partial charge in [0.05, 0.1) is 18.7 Å². The Balaban J connectivity index is 2.41. The highest BCUT2D eigenvalue weighted by Crippen LogP contribution is 2.36. The molecule has 0 radical (unpaired) electrons. The van der Waals surface area contributed by atoms with Crippen molar-refractivity contribution in [2.75, 3.05) is 18.1 Å². The molecule has 32 heavy (non-hydrogen) atoms. The van der Waals surface area contributed by atoms with Gasteiger partial charge in [-0.25, -0.2) is 9.36 Å². The lowest BCUT2D eigenvalue weighted by molar-refractivity contribution is -0.116. The molecule has 0 bridgehead atoms. The second-order valence-corrected chi connectivity index (χ2v) is 8.66. The molecule has 3 unspecified atom stereocenters. The smallest absolute Gasteiger partial charge is 0.388 e. The molecular weight excluding hydrogens is 445 g/mol. The van der Waals surface area contributed by atoms with Gasteiger partial charge in [-0.05, 0) is 43.5 Å². The predicted molar refractivity (Wildman–Crippen MR) is 114 cm³/mol. The molecule has 1 aliphatic heterocycles. The van der Waals surface area contributed by atoms with Gasteiger partial charge in [-0.3, -0.25) is 14.6 Å². The Morgan fingerprint density at radius 1 is 1.09 bits per heavy atom. The molecule has 6 N–H and O–H groups in total. The van der Waals surface area contributed by atoms with Crippen molar-refractivity contribution in [3.05, 3.63) is 41.0 Å². The van der Waals surface area contributed by atoms with Crippen molar-refractivity contribution in [2.24, 2.45) is 4.99 Å². The predicted octanol–water partition coefficient (Wildman–Crippen LogP) is -0.185. The average Bonchev–Trinajstić information content (AvgIpc) is 2.68. The molecule has 3 amide bonds. The van der Waals surface area contributed by atoms with Gasteiger partial charge < -0.3 is 30.0 Å². The van der Waals surface area contributed by atoms with Crippen LogP contribution in [0.4, 0.5) is 10.5 Å². The van der Waals surface area contributed by atoms with Crippen LogP contribution < -0.4 is 10.2 Å². The first-order valence-electron chi connectivity index (χ1n) is 9.44. The highest BCUT2D eigenvalue weighted by atomic mass is 31.2. The second-order valence-electron chi connectivity index (χ2n) is 7.42. The van der Waals surface area contributed by atoms with Crippen LogP contribution in [-0.4, -0.2) is 74.3 Å². The lowest BCUT2D eigenvalue weighted by Crippen LogP contribution is -2.51. The number of nitrogens with one attached hydrogen (secondary N) is 1. The Morgan fingerprint density at radius 3 is 2.28 bits per heavy atom. The summed E-state index contributed by atoms with van der Waals surface area (Å²) >= 11 is 0. The number of phosphoric acid groups is 1. The number of carbonyl (C=O) groups is 2. The lowest BCUT2D eigenvalue weighted by Gasteiger charge is -2.33. The number of carbonyl (C=O) groups excluding carboxylic acids is 2. The van der Waals surface area contributed by atoms with Gasteiger partial charge in [0.2, 0.25) is 0 Å². The third-order valence-electron chi connectivity index (χ3n) is 4.90. The Hall–Kier alpha value is -2.44. The summed E-state index contributed by atoms with van der Waals surface area (Å²) in [5.41, 5.74) is 2.83. The van der Waals surface area contributed by atoms with Crippen LogP contribution in [0.2, 0.25) is 0 Å². The van der Waals surface area contributed by atoms with Crippen LogP contribution in [0.3, 0.4) is 0 Å². The Morgan fingerprint density at radius 2 is 1.69 bits per heavy atom. The first-order chi connectivity index (χ1) is 14.7. The van der Waals surface area contributed by atoms with E-state index < -0.39 is 51.2 Å². The largest absolute Gasteiger partial charge is 0.469 e. The molecule has 0 aromatic heterocycles. The normalized spacial score (nSPS) is 17.5. The number of hydrogen-bond acceptors (Lipinski definition) is 8. The van der Waals surface area contributed by atoms with Crippen molar-refractivity contribution in [1.82, 2.24) is 5.32 Å². The molecule has 0 spiro atoms. The summed E-state index contributed by atoms with van der Waals surface area (Å²) in [7, 11) is -4.90. The van der Waals surface area contributed by atoms with E-state index in [1.165, 1.54) is 4.90 Å². The fraction of sp³-hybridized carbons (Fsp3) is 0.421. The third-order valence-corrected chi connectivity index (χ3v) is 5.39. The number of hydrogen-bond donors (Lipinski definition) is 6. The molecule has 1 aliphatic rings. The van der Waals surface area contributed by atoms with Gasteiger partial charge in [-0.15, -0.1) is 0 Å². The summed E-state index contributed by atoms with van der Waals surface area (Å²) in [6, 6.07) is 2.65. The van der Waals surface area contributed by atoms with Gasteiger partial charge in [-0.1, -0.05) is 12.6 Å². The number of rotatable bonds is 8. The topological polar surface area (TPSA) is 189 Å². The van der Waals surface area contributed by atoms with E-state index in [1.807, 2.05) is 25.2 Å². The number of aliphatic hydroxyl groups is 3. The number of amides is 3. The van der Waals surface area contributed by atoms with Crippen LogP contribution >= 0.6 is 7.82 Å². The van der Waals surface area contributed by atoms with Crippen LogP contribution in [0.5, 0.6) is 0 Å². The number of imide groups is 1. The maximum absolute atomic E-state index is 12.1. The van der Waals surface area contributed by atoms with Crippen molar-refractivity contribution in [2.45, 2.75) is 39.1 Å². The SMILES string of the molecule is C=C1C(=O)NC(=O)N=C1N(CC(O)C(O)C(O)COP(=O)(O)O)c1cc(C)c(C)cc1C. The van der Waals surface area contributed by atoms with Crippen molar-refractivity contribution < 1.29 is 43.8 Å². The molecule has 13 heteroatoms. The summed E-state index contributed by atoms with van der Waals surface area (Å²) in [4.78, 5) is 46.5. The van der Waals surface area contributed by atoms with E-state index in [9.17, 15) is 29.5 Å². The van der Waals surface area contributed by atoms with Crippen LogP contribution in [0.15, 0.2) is 29.3 Å². The monoisotopic (exact) mass is 471 g/mol. The molecule has 1 aromatic rings. The quantitative estimate of drug-likeness (QED) is 0.219. The molecule has 0 saturated heterocycles. The van der Waals surface area contributed by atoms with Gasteiger partial charge in [0.15, 0.2) is 5.84 Å². The number of aliphatic hydroxyl groups excluding tert-OH is 3. The zero-order chi connectivity index (χ0) is 24.4. The van der Waals surface area contributed by atoms with Crippen molar-refractivity contribution in [3.63, 3.8) is 0 Å². The lowest BCUT2D eigenvalue weighted by atomic mass is 10.0. The highest BCUT2D eigenvalue weighted by Gasteiger charge is 2.34. The van der Waals surface area contributed by atoms with Crippen LogP contribution in [-0.2, 0) is 13.9 Å². The summed E-state index contributed by atoms with van der Waals surface area (Å²) in [6.07, 6.45) is -5.44. The zero-order valence-electron chi connectivity index (χ0n) is 17.7. The maximum atomic E-state index is 12.1. The molecule has 12 nitrogen and oxygen atoms in total. The van der Waals surface area contributed by atoms with E-state index in [-0.39, 0.29) is 11.4 Å². The molecule has 1 heterocycles. The van der Waals surface area contributed by atoms with Gasteiger partial charge in [0.25, 0.3) is 5.91 Å². The van der Waals surface area contributed by atoms with E-state index >= 15 is 0 Å². The van der Waals surface area contributed by atoms with Crippen LogP contribution in [0, 0.1) is 20.8 Å². The number of nitrogens with zero attached hydrogens (tertiary/aromatic N) is 2. The van der Waals surface area contributed by atoms with Crippen molar-refractivity contribution in [1.29, 1.82) is 0 Å². The van der Waals surface area contributed by atoms with E-state index in [1.54, 1.807) is 13.0 Å². The van der Waals surface area contributed by atoms with Crippen LogP contribution in [0.1, 0.15) is 16.7 Å². The Bertz CT molecular complexity index is 1000. The highest BCUT2D eigenvalue weighted by molar-refractivity contribution is 7.46. The minimum Gasteiger partial charge on any atom is -0.388 e. The summed E-state index contributed by atoms with van der Waals surface area (Å²) in [5.74, 6) is -0.936.